The first-order valence-electron chi connectivity index (χ1n) is 5.61. The Kier molecular flexibility index (Phi) is 2.53. The minimum atomic E-state index is -1.41. The van der Waals surface area contributed by atoms with Gasteiger partial charge in [-0.3, -0.25) is 9.59 Å². The van der Waals surface area contributed by atoms with Crippen molar-refractivity contribution in [2.45, 2.75) is 0 Å². The molecule has 0 saturated heterocycles. The third kappa shape index (κ3) is 1.64. The molecule has 0 fully saturated rings. The molecular weight excluding hydrogens is 262 g/mol. The Bertz CT molecular complexity index is 743. The van der Waals surface area contributed by atoms with Gasteiger partial charge >= 0.3 is 0 Å². The first-order chi connectivity index (χ1) is 9.59. The molecule has 20 heavy (non-hydrogen) atoms. The summed E-state index contributed by atoms with van der Waals surface area (Å²) in [5.74, 6) is -2.70. The lowest BCUT2D eigenvalue weighted by molar-refractivity contribution is -0.255. The quantitative estimate of drug-likeness (QED) is 0.689. The van der Waals surface area contributed by atoms with Gasteiger partial charge in [-0.1, -0.05) is 6.07 Å². The van der Waals surface area contributed by atoms with E-state index in [9.17, 15) is 19.5 Å². The molecule has 0 aliphatic carbocycles. The molecule has 0 spiro atoms. The van der Waals surface area contributed by atoms with Crippen molar-refractivity contribution in [2.75, 3.05) is 4.90 Å². The van der Waals surface area contributed by atoms with E-state index >= 15 is 0 Å². The molecular formula is C13H6N3O4-. The van der Waals surface area contributed by atoms with Crippen molar-refractivity contribution < 1.29 is 19.5 Å². The van der Waals surface area contributed by atoms with Gasteiger partial charge in [0.25, 0.3) is 11.8 Å². The van der Waals surface area contributed by atoms with Crippen molar-refractivity contribution in [2.24, 2.45) is 0 Å². The van der Waals surface area contributed by atoms with Crippen LogP contribution in [0.15, 0.2) is 36.7 Å². The van der Waals surface area contributed by atoms with Crippen LogP contribution in [0.3, 0.4) is 0 Å². The van der Waals surface area contributed by atoms with E-state index in [1.54, 1.807) is 6.07 Å². The number of benzene rings is 1. The molecule has 0 unspecified atom stereocenters. The maximum absolute atomic E-state index is 12.2. The number of aromatic carboxylic acids is 1. The molecule has 2 aromatic rings. The van der Waals surface area contributed by atoms with Crippen molar-refractivity contribution in [3.63, 3.8) is 0 Å². The fourth-order valence-electron chi connectivity index (χ4n) is 1.96. The fourth-order valence-corrected chi connectivity index (χ4v) is 1.96. The summed E-state index contributed by atoms with van der Waals surface area (Å²) >= 11 is 0. The monoisotopic (exact) mass is 268 g/mol. The second kappa shape index (κ2) is 4.23. The lowest BCUT2D eigenvalue weighted by Gasteiger charge is -2.10. The van der Waals surface area contributed by atoms with Crippen LogP contribution in [0.1, 0.15) is 31.1 Å². The molecule has 0 radical (unpaired) electrons. The van der Waals surface area contributed by atoms with E-state index in [1.165, 1.54) is 24.5 Å². The molecule has 3 rings (SSSR count). The van der Waals surface area contributed by atoms with Crippen molar-refractivity contribution in [1.82, 2.24) is 9.97 Å². The van der Waals surface area contributed by atoms with Gasteiger partial charge in [-0.05, 0) is 23.8 Å². The summed E-state index contributed by atoms with van der Waals surface area (Å²) in [5, 5.41) is 10.8. The zero-order valence-corrected chi connectivity index (χ0v) is 9.94. The van der Waals surface area contributed by atoms with Gasteiger partial charge in [-0.15, -0.1) is 0 Å². The topological polar surface area (TPSA) is 103 Å². The Balaban J connectivity index is 2.11. The Morgan fingerprint density at radius 2 is 1.70 bits per heavy atom. The van der Waals surface area contributed by atoms with E-state index in [1.807, 2.05) is 0 Å². The number of hydrogen-bond acceptors (Lipinski definition) is 6. The Morgan fingerprint density at radius 3 is 2.35 bits per heavy atom. The third-order valence-electron chi connectivity index (χ3n) is 2.87. The first kappa shape index (κ1) is 12.0. The van der Waals surface area contributed by atoms with Crippen LogP contribution in [0.5, 0.6) is 0 Å². The second-order valence-corrected chi connectivity index (χ2v) is 4.04. The highest BCUT2D eigenvalue weighted by atomic mass is 16.4. The van der Waals surface area contributed by atoms with Gasteiger partial charge < -0.3 is 9.90 Å². The van der Waals surface area contributed by atoms with Gasteiger partial charge in [0, 0.05) is 12.4 Å². The standard InChI is InChI=1S/C13H7N3O4/c17-10-8-3-2-7(12(19)20)6-9(8)11(18)16(10)13-14-4-1-5-15-13/h1-6H,(H,19,20)/p-1. The summed E-state index contributed by atoms with van der Waals surface area (Å²) in [6.07, 6.45) is 2.80. The van der Waals surface area contributed by atoms with Gasteiger partial charge in [0.1, 0.15) is 0 Å². The minimum Gasteiger partial charge on any atom is -0.545 e. The number of imide groups is 1. The molecule has 1 aromatic heterocycles. The predicted octanol–water partition coefficient (Wildman–Crippen LogP) is -0.359. The van der Waals surface area contributed by atoms with Crippen molar-refractivity contribution in [1.29, 1.82) is 0 Å². The van der Waals surface area contributed by atoms with Gasteiger partial charge in [-0.25, -0.2) is 14.9 Å². The number of aromatic nitrogens is 2. The van der Waals surface area contributed by atoms with Crippen LogP contribution in [0.2, 0.25) is 0 Å². The molecule has 7 nitrogen and oxygen atoms in total. The van der Waals surface area contributed by atoms with Gasteiger partial charge in [0.05, 0.1) is 17.1 Å². The molecule has 2 amide bonds. The smallest absolute Gasteiger partial charge is 0.268 e. The molecule has 7 heteroatoms. The number of fused-ring (bicyclic) bond motifs is 1. The van der Waals surface area contributed by atoms with Crippen LogP contribution < -0.4 is 10.0 Å². The van der Waals surface area contributed by atoms with Crippen LogP contribution in [0.4, 0.5) is 5.95 Å². The van der Waals surface area contributed by atoms with Crippen molar-refractivity contribution >= 4 is 23.7 Å². The SMILES string of the molecule is O=C([O-])c1ccc2c(c1)C(=O)N(c1ncccn1)C2=O. The first-order valence-corrected chi connectivity index (χ1v) is 5.61. The number of carboxylic acid groups (broad SMARTS) is 1. The minimum absolute atomic E-state index is 0.00385. The lowest BCUT2D eigenvalue weighted by Crippen LogP contribution is -2.31. The van der Waals surface area contributed by atoms with Crippen molar-refractivity contribution in [3.05, 3.63) is 53.3 Å². The highest BCUT2D eigenvalue weighted by Gasteiger charge is 2.38. The van der Waals surface area contributed by atoms with E-state index in [2.05, 4.69) is 9.97 Å². The number of anilines is 1. The molecule has 1 aliphatic rings. The second-order valence-electron chi connectivity index (χ2n) is 4.04. The number of carbonyl (C=O) groups excluding carboxylic acids is 3. The summed E-state index contributed by atoms with van der Waals surface area (Å²) in [5.41, 5.74) is -0.0441. The van der Waals surface area contributed by atoms with Crippen LogP contribution in [0, 0.1) is 0 Å². The highest BCUT2D eigenvalue weighted by Crippen LogP contribution is 2.26. The average molecular weight is 268 g/mol. The van der Waals surface area contributed by atoms with E-state index in [4.69, 9.17) is 0 Å². The molecule has 1 aromatic carbocycles. The van der Waals surface area contributed by atoms with E-state index in [-0.39, 0.29) is 22.6 Å². The lowest BCUT2D eigenvalue weighted by atomic mass is 10.1. The normalized spacial score (nSPS) is 13.5. The van der Waals surface area contributed by atoms with E-state index < -0.39 is 17.8 Å². The largest absolute Gasteiger partial charge is 0.545 e. The van der Waals surface area contributed by atoms with Crippen LogP contribution in [0.25, 0.3) is 0 Å². The average Bonchev–Trinajstić information content (AvgIpc) is 2.71. The predicted molar refractivity (Wildman–Crippen MR) is 63.9 cm³/mol. The number of nitrogens with zero attached hydrogens (tertiary/aromatic N) is 3. The number of amides is 2. The summed E-state index contributed by atoms with van der Waals surface area (Å²) in [4.78, 5) is 43.6. The maximum atomic E-state index is 12.2. The maximum Gasteiger partial charge on any atom is 0.268 e. The number of hydrogen-bond donors (Lipinski definition) is 0. The van der Waals surface area contributed by atoms with Crippen LogP contribution >= 0.6 is 0 Å². The van der Waals surface area contributed by atoms with Gasteiger partial charge in [0.15, 0.2) is 0 Å². The molecule has 0 saturated carbocycles. The Morgan fingerprint density at radius 1 is 1.05 bits per heavy atom. The molecule has 98 valence electrons. The van der Waals surface area contributed by atoms with Crippen LogP contribution in [-0.2, 0) is 0 Å². The van der Waals surface area contributed by atoms with E-state index in [0.717, 1.165) is 11.0 Å². The summed E-state index contributed by atoms with van der Waals surface area (Å²) in [6, 6.07) is 5.17. The highest BCUT2D eigenvalue weighted by molar-refractivity contribution is 6.34. The zero-order valence-electron chi connectivity index (χ0n) is 9.94. The molecule has 0 bridgehead atoms. The fraction of sp³-hybridized carbons (Fsp3) is 0. The summed E-state index contributed by atoms with van der Waals surface area (Å²) < 4.78 is 0. The molecule has 1 aliphatic heterocycles. The molecule has 2 heterocycles. The van der Waals surface area contributed by atoms with E-state index in [0.29, 0.717) is 0 Å². The number of rotatable bonds is 2. The number of carbonyl (C=O) groups is 3. The van der Waals surface area contributed by atoms with Gasteiger partial charge in [0.2, 0.25) is 5.95 Å². The third-order valence-corrected chi connectivity index (χ3v) is 2.87. The summed E-state index contributed by atoms with van der Waals surface area (Å²) in [7, 11) is 0. The Labute approximate surface area is 112 Å². The molecule has 0 N–H and O–H groups in total. The van der Waals surface area contributed by atoms with Crippen LogP contribution in [-0.4, -0.2) is 27.8 Å². The Hall–Kier alpha value is -3.09. The van der Waals surface area contributed by atoms with Crippen molar-refractivity contribution in [3.8, 4) is 0 Å². The zero-order chi connectivity index (χ0) is 14.3. The summed E-state index contributed by atoms with van der Waals surface area (Å²) in [6.45, 7) is 0. The molecule has 0 atom stereocenters. The number of carboxylic acids is 1. The van der Waals surface area contributed by atoms with Gasteiger partial charge in [-0.2, -0.15) is 0 Å².